The van der Waals surface area contributed by atoms with Gasteiger partial charge in [-0.2, -0.15) is 5.10 Å². The number of benzene rings is 1. The number of aryl methyl sites for hydroxylation is 1. The first kappa shape index (κ1) is 14.2. The fraction of sp³-hybridized carbons (Fsp3) is 0.308. The average Bonchev–Trinajstić information content (AvgIpc) is 2.64. The second kappa shape index (κ2) is 5.43. The van der Waals surface area contributed by atoms with E-state index in [0.29, 0.717) is 17.0 Å². The van der Waals surface area contributed by atoms with Gasteiger partial charge in [0, 0.05) is 18.2 Å². The van der Waals surface area contributed by atoms with Gasteiger partial charge in [-0.1, -0.05) is 11.6 Å². The molecule has 0 N–H and O–H groups in total. The summed E-state index contributed by atoms with van der Waals surface area (Å²) in [5, 5.41) is 5.63. The van der Waals surface area contributed by atoms with Gasteiger partial charge in [-0.25, -0.2) is 4.39 Å². The second-order valence-corrected chi connectivity index (χ2v) is 5.28. The summed E-state index contributed by atoms with van der Waals surface area (Å²) < 4.78 is 21.0. The Morgan fingerprint density at radius 3 is 2.63 bits per heavy atom. The zero-order chi connectivity index (χ0) is 14.2. The minimum Gasteiger partial charge on any atom is -0.495 e. The van der Waals surface area contributed by atoms with Gasteiger partial charge in [0.15, 0.2) is 0 Å². The normalized spacial score (nSPS) is 10.8. The molecule has 0 aliphatic carbocycles. The molecule has 0 saturated heterocycles. The lowest BCUT2D eigenvalue weighted by atomic mass is 10.1. The molecule has 3 nitrogen and oxygen atoms in total. The van der Waals surface area contributed by atoms with Gasteiger partial charge in [0.1, 0.15) is 11.6 Å². The summed E-state index contributed by atoms with van der Waals surface area (Å²) in [6.07, 6.45) is 1.96. The molecule has 0 aliphatic rings. The molecule has 0 radical (unpaired) electrons. The van der Waals surface area contributed by atoms with Crippen LogP contribution in [0.25, 0.3) is 11.3 Å². The van der Waals surface area contributed by atoms with Crippen LogP contribution in [0.5, 0.6) is 5.75 Å². The molecule has 102 valence electrons. The summed E-state index contributed by atoms with van der Waals surface area (Å²) in [5.41, 5.74) is 1.95. The number of rotatable bonds is 3. The SMILES string of the molecule is COc1cc(-c2nn(C)c(SC)c2C)c(F)cc1Cl. The summed E-state index contributed by atoms with van der Waals surface area (Å²) in [6.45, 7) is 1.93. The van der Waals surface area contributed by atoms with Gasteiger partial charge in [0.2, 0.25) is 0 Å². The number of hydrogen-bond acceptors (Lipinski definition) is 3. The van der Waals surface area contributed by atoms with Crippen LogP contribution < -0.4 is 4.74 Å². The fourth-order valence-corrected chi connectivity index (χ4v) is 2.96. The smallest absolute Gasteiger partial charge is 0.138 e. The second-order valence-electron chi connectivity index (χ2n) is 4.07. The first-order chi connectivity index (χ1) is 8.99. The topological polar surface area (TPSA) is 27.1 Å². The van der Waals surface area contributed by atoms with Crippen molar-refractivity contribution in [3.05, 3.63) is 28.5 Å². The molecule has 1 heterocycles. The van der Waals surface area contributed by atoms with E-state index in [1.807, 2.05) is 20.2 Å². The standard InChI is InChI=1S/C13H14ClFN2OS/c1-7-12(16-17(2)13(7)19-4)8-5-11(18-3)9(14)6-10(8)15/h5-6H,1-4H3. The van der Waals surface area contributed by atoms with Gasteiger partial charge >= 0.3 is 0 Å². The van der Waals surface area contributed by atoms with E-state index in [1.54, 1.807) is 22.5 Å². The molecule has 1 aromatic carbocycles. The first-order valence-electron chi connectivity index (χ1n) is 5.60. The molecule has 0 saturated carbocycles. The number of aromatic nitrogens is 2. The lowest BCUT2D eigenvalue weighted by Gasteiger charge is -2.07. The van der Waals surface area contributed by atoms with Crippen LogP contribution in [0.2, 0.25) is 5.02 Å². The van der Waals surface area contributed by atoms with E-state index in [0.717, 1.165) is 10.6 Å². The van der Waals surface area contributed by atoms with Crippen molar-refractivity contribution in [3.63, 3.8) is 0 Å². The van der Waals surface area contributed by atoms with Crippen molar-refractivity contribution < 1.29 is 9.13 Å². The maximum absolute atomic E-state index is 14.1. The van der Waals surface area contributed by atoms with E-state index in [1.165, 1.54) is 13.2 Å². The van der Waals surface area contributed by atoms with Gasteiger partial charge in [-0.15, -0.1) is 11.8 Å². The summed E-state index contributed by atoms with van der Waals surface area (Å²) in [4.78, 5) is 0. The van der Waals surface area contributed by atoms with Crippen LogP contribution in [0.4, 0.5) is 4.39 Å². The molecular formula is C13H14ClFN2OS. The predicted octanol–water partition coefficient (Wildman–Crippen LogP) is 3.92. The Morgan fingerprint density at radius 1 is 1.42 bits per heavy atom. The van der Waals surface area contributed by atoms with Crippen molar-refractivity contribution in [2.45, 2.75) is 11.9 Å². The Kier molecular flexibility index (Phi) is 4.06. The van der Waals surface area contributed by atoms with Crippen LogP contribution in [-0.4, -0.2) is 23.1 Å². The molecule has 2 aromatic rings. The Balaban J connectivity index is 2.65. The molecule has 6 heteroatoms. The Morgan fingerprint density at radius 2 is 2.11 bits per heavy atom. The zero-order valence-corrected chi connectivity index (χ0v) is 12.7. The molecular weight excluding hydrogens is 287 g/mol. The lowest BCUT2D eigenvalue weighted by molar-refractivity contribution is 0.414. The maximum atomic E-state index is 14.1. The molecule has 0 unspecified atom stereocenters. The summed E-state index contributed by atoms with van der Waals surface area (Å²) in [7, 11) is 3.34. The average molecular weight is 301 g/mol. The van der Waals surface area contributed by atoms with Crippen LogP contribution in [0.1, 0.15) is 5.56 Å². The number of hydrogen-bond donors (Lipinski definition) is 0. The molecule has 0 amide bonds. The van der Waals surface area contributed by atoms with E-state index in [-0.39, 0.29) is 5.02 Å². The molecule has 2 rings (SSSR count). The number of halogens is 2. The molecule has 0 fully saturated rings. The fourth-order valence-electron chi connectivity index (χ4n) is 2.02. The Labute approximate surface area is 120 Å². The van der Waals surface area contributed by atoms with Crippen molar-refractivity contribution in [2.24, 2.45) is 7.05 Å². The van der Waals surface area contributed by atoms with Gasteiger partial charge in [-0.3, -0.25) is 4.68 Å². The third-order valence-electron chi connectivity index (χ3n) is 2.91. The van der Waals surface area contributed by atoms with Crippen molar-refractivity contribution >= 4 is 23.4 Å². The number of ether oxygens (including phenoxy) is 1. The Hall–Kier alpha value is -1.20. The van der Waals surface area contributed by atoms with Gasteiger partial charge in [0.25, 0.3) is 0 Å². The van der Waals surface area contributed by atoms with Crippen LogP contribution in [0.15, 0.2) is 17.2 Å². The highest BCUT2D eigenvalue weighted by atomic mass is 35.5. The molecule has 0 aliphatic heterocycles. The summed E-state index contributed by atoms with van der Waals surface area (Å²) >= 11 is 7.48. The monoisotopic (exact) mass is 300 g/mol. The molecule has 0 spiro atoms. The van der Waals surface area contributed by atoms with Crippen molar-refractivity contribution in [1.82, 2.24) is 9.78 Å². The van der Waals surface area contributed by atoms with Gasteiger partial charge < -0.3 is 4.74 Å². The van der Waals surface area contributed by atoms with Crippen molar-refractivity contribution in [3.8, 4) is 17.0 Å². The quantitative estimate of drug-likeness (QED) is 0.804. The Bertz CT molecular complexity index is 628. The highest BCUT2D eigenvalue weighted by molar-refractivity contribution is 7.98. The third-order valence-corrected chi connectivity index (χ3v) is 4.16. The highest BCUT2D eigenvalue weighted by Crippen LogP contribution is 2.36. The minimum absolute atomic E-state index is 0.252. The molecule has 0 bridgehead atoms. The van der Waals surface area contributed by atoms with E-state index in [9.17, 15) is 4.39 Å². The van der Waals surface area contributed by atoms with Crippen LogP contribution in [0.3, 0.4) is 0 Å². The van der Waals surface area contributed by atoms with Crippen LogP contribution >= 0.6 is 23.4 Å². The minimum atomic E-state index is -0.403. The highest BCUT2D eigenvalue weighted by Gasteiger charge is 2.18. The largest absolute Gasteiger partial charge is 0.495 e. The predicted molar refractivity (Wildman–Crippen MR) is 76.7 cm³/mol. The maximum Gasteiger partial charge on any atom is 0.138 e. The molecule has 19 heavy (non-hydrogen) atoms. The summed E-state index contributed by atoms with van der Waals surface area (Å²) in [5.74, 6) is 0.0356. The first-order valence-corrected chi connectivity index (χ1v) is 7.20. The van der Waals surface area contributed by atoms with E-state index in [2.05, 4.69) is 5.10 Å². The summed E-state index contributed by atoms with van der Waals surface area (Å²) in [6, 6.07) is 2.83. The van der Waals surface area contributed by atoms with Crippen LogP contribution in [0, 0.1) is 12.7 Å². The molecule has 1 aromatic heterocycles. The number of methoxy groups -OCH3 is 1. The third kappa shape index (κ3) is 2.44. The van der Waals surface area contributed by atoms with E-state index < -0.39 is 5.82 Å². The zero-order valence-electron chi connectivity index (χ0n) is 11.1. The molecule has 0 atom stereocenters. The van der Waals surface area contributed by atoms with Crippen molar-refractivity contribution in [1.29, 1.82) is 0 Å². The van der Waals surface area contributed by atoms with E-state index in [4.69, 9.17) is 16.3 Å². The van der Waals surface area contributed by atoms with E-state index >= 15 is 0 Å². The van der Waals surface area contributed by atoms with Crippen LogP contribution in [-0.2, 0) is 7.05 Å². The van der Waals surface area contributed by atoms with Gasteiger partial charge in [0.05, 0.1) is 22.9 Å². The number of thioether (sulfide) groups is 1. The lowest BCUT2D eigenvalue weighted by Crippen LogP contribution is -1.93. The van der Waals surface area contributed by atoms with Crippen molar-refractivity contribution in [2.75, 3.05) is 13.4 Å². The van der Waals surface area contributed by atoms with Gasteiger partial charge in [-0.05, 0) is 25.3 Å². The number of nitrogens with zero attached hydrogens (tertiary/aromatic N) is 2.